The third-order valence-electron chi connectivity index (χ3n) is 4.16. The lowest BCUT2D eigenvalue weighted by molar-refractivity contribution is 0.0920. The first kappa shape index (κ1) is 15.5. The van der Waals surface area contributed by atoms with E-state index in [2.05, 4.69) is 20.6 Å². The van der Waals surface area contributed by atoms with Gasteiger partial charge in [-0.3, -0.25) is 14.5 Å². The fourth-order valence-corrected chi connectivity index (χ4v) is 2.99. The number of carbonyl (C=O) groups excluding carboxylic acids is 1. The SMILES string of the molecule is O=C(N[C@H]1CCC[C@H]1Cn1cc(CO)nn1)c1ccncc1F. The number of hydrogen-bond acceptors (Lipinski definition) is 5. The van der Waals surface area contributed by atoms with Gasteiger partial charge in [-0.2, -0.15) is 0 Å². The summed E-state index contributed by atoms with van der Waals surface area (Å²) in [6, 6.07) is 1.34. The molecule has 2 heterocycles. The Morgan fingerprint density at radius 3 is 3.09 bits per heavy atom. The van der Waals surface area contributed by atoms with Crippen LogP contribution in [0.1, 0.15) is 35.3 Å². The molecule has 0 spiro atoms. The van der Waals surface area contributed by atoms with Crippen molar-refractivity contribution >= 4 is 5.91 Å². The first-order chi connectivity index (χ1) is 11.2. The summed E-state index contributed by atoms with van der Waals surface area (Å²) in [5.41, 5.74) is 0.524. The summed E-state index contributed by atoms with van der Waals surface area (Å²) in [6.07, 6.45) is 6.93. The van der Waals surface area contributed by atoms with Crippen LogP contribution in [0.4, 0.5) is 4.39 Å². The van der Waals surface area contributed by atoms with Crippen molar-refractivity contribution in [2.45, 2.75) is 38.5 Å². The van der Waals surface area contributed by atoms with Crippen molar-refractivity contribution in [3.8, 4) is 0 Å². The maximum absolute atomic E-state index is 13.6. The molecule has 1 amide bonds. The largest absolute Gasteiger partial charge is 0.390 e. The number of aromatic nitrogens is 4. The van der Waals surface area contributed by atoms with Gasteiger partial charge in [0.25, 0.3) is 5.91 Å². The van der Waals surface area contributed by atoms with E-state index in [-0.39, 0.29) is 24.1 Å². The van der Waals surface area contributed by atoms with E-state index in [0.717, 1.165) is 25.5 Å². The molecular formula is C15H18FN5O2. The summed E-state index contributed by atoms with van der Waals surface area (Å²) in [5.74, 6) is -0.836. The van der Waals surface area contributed by atoms with Gasteiger partial charge in [-0.15, -0.1) is 5.10 Å². The molecule has 0 saturated heterocycles. The van der Waals surface area contributed by atoms with Crippen LogP contribution in [-0.2, 0) is 13.2 Å². The van der Waals surface area contributed by atoms with Crippen LogP contribution in [0.2, 0.25) is 0 Å². The Kier molecular flexibility index (Phi) is 4.61. The van der Waals surface area contributed by atoms with Gasteiger partial charge >= 0.3 is 0 Å². The number of hydrogen-bond donors (Lipinski definition) is 2. The van der Waals surface area contributed by atoms with Crippen LogP contribution >= 0.6 is 0 Å². The molecule has 0 bridgehead atoms. The number of rotatable bonds is 5. The molecule has 2 N–H and O–H groups in total. The van der Waals surface area contributed by atoms with Crippen LogP contribution in [0.25, 0.3) is 0 Å². The van der Waals surface area contributed by atoms with E-state index in [1.807, 2.05) is 0 Å². The monoisotopic (exact) mass is 319 g/mol. The Balaban J connectivity index is 1.65. The minimum Gasteiger partial charge on any atom is -0.390 e. The van der Waals surface area contributed by atoms with Gasteiger partial charge in [0.15, 0.2) is 5.82 Å². The number of pyridine rings is 1. The first-order valence-electron chi connectivity index (χ1n) is 7.57. The van der Waals surface area contributed by atoms with Crippen LogP contribution in [0.5, 0.6) is 0 Å². The molecule has 1 fully saturated rings. The van der Waals surface area contributed by atoms with Crippen LogP contribution in [0.3, 0.4) is 0 Å². The van der Waals surface area contributed by atoms with Gasteiger partial charge < -0.3 is 10.4 Å². The fraction of sp³-hybridized carbons (Fsp3) is 0.467. The Hall–Kier alpha value is -2.35. The van der Waals surface area contributed by atoms with Crippen molar-refractivity contribution in [2.75, 3.05) is 0 Å². The second-order valence-electron chi connectivity index (χ2n) is 5.72. The zero-order valence-electron chi connectivity index (χ0n) is 12.5. The summed E-state index contributed by atoms with van der Waals surface area (Å²) in [6.45, 7) is 0.461. The van der Waals surface area contributed by atoms with Crippen molar-refractivity contribution in [3.05, 3.63) is 41.7 Å². The molecular weight excluding hydrogens is 301 g/mol. The van der Waals surface area contributed by atoms with E-state index in [1.54, 1.807) is 10.9 Å². The molecule has 2 aromatic rings. The number of carbonyl (C=O) groups is 1. The lowest BCUT2D eigenvalue weighted by atomic mass is 10.0. The molecule has 2 aromatic heterocycles. The molecule has 0 aliphatic heterocycles. The molecule has 1 saturated carbocycles. The highest BCUT2D eigenvalue weighted by molar-refractivity contribution is 5.94. The van der Waals surface area contributed by atoms with Crippen molar-refractivity contribution in [2.24, 2.45) is 5.92 Å². The quantitative estimate of drug-likeness (QED) is 0.854. The molecule has 23 heavy (non-hydrogen) atoms. The summed E-state index contributed by atoms with van der Waals surface area (Å²) in [4.78, 5) is 15.9. The Bertz CT molecular complexity index is 690. The highest BCUT2D eigenvalue weighted by Crippen LogP contribution is 2.27. The number of aliphatic hydroxyl groups is 1. The molecule has 1 aliphatic rings. The maximum atomic E-state index is 13.6. The summed E-state index contributed by atoms with van der Waals surface area (Å²) >= 11 is 0. The number of amides is 1. The smallest absolute Gasteiger partial charge is 0.254 e. The second kappa shape index (κ2) is 6.82. The lowest BCUT2D eigenvalue weighted by Gasteiger charge is -2.21. The molecule has 0 unspecified atom stereocenters. The molecule has 3 rings (SSSR count). The van der Waals surface area contributed by atoms with Crippen molar-refractivity contribution in [1.82, 2.24) is 25.3 Å². The molecule has 0 radical (unpaired) electrons. The van der Waals surface area contributed by atoms with Gasteiger partial charge in [-0.05, 0) is 24.8 Å². The van der Waals surface area contributed by atoms with Crippen molar-refractivity contribution < 1.29 is 14.3 Å². The highest BCUT2D eigenvalue weighted by atomic mass is 19.1. The van der Waals surface area contributed by atoms with E-state index in [9.17, 15) is 9.18 Å². The van der Waals surface area contributed by atoms with Crippen LogP contribution in [0.15, 0.2) is 24.7 Å². The molecule has 0 aromatic carbocycles. The zero-order chi connectivity index (χ0) is 16.2. The zero-order valence-corrected chi connectivity index (χ0v) is 12.5. The lowest BCUT2D eigenvalue weighted by Crippen LogP contribution is -2.39. The normalized spacial score (nSPS) is 20.6. The van der Waals surface area contributed by atoms with Gasteiger partial charge in [-0.25, -0.2) is 4.39 Å². The average molecular weight is 319 g/mol. The van der Waals surface area contributed by atoms with Crippen LogP contribution in [0, 0.1) is 11.7 Å². The summed E-state index contributed by atoms with van der Waals surface area (Å²) < 4.78 is 15.3. The van der Waals surface area contributed by atoms with E-state index in [1.165, 1.54) is 12.3 Å². The van der Waals surface area contributed by atoms with Crippen LogP contribution in [-0.4, -0.2) is 37.0 Å². The third-order valence-corrected chi connectivity index (χ3v) is 4.16. The first-order valence-corrected chi connectivity index (χ1v) is 7.57. The maximum Gasteiger partial charge on any atom is 0.254 e. The van der Waals surface area contributed by atoms with E-state index < -0.39 is 11.7 Å². The predicted molar refractivity (Wildman–Crippen MR) is 78.7 cm³/mol. The molecule has 8 heteroatoms. The molecule has 2 atom stereocenters. The number of aliphatic hydroxyl groups excluding tert-OH is 1. The minimum absolute atomic E-state index is 0.00831. The molecule has 122 valence electrons. The summed E-state index contributed by atoms with van der Waals surface area (Å²) in [5, 5.41) is 19.7. The minimum atomic E-state index is -0.622. The topological polar surface area (TPSA) is 92.9 Å². The van der Waals surface area contributed by atoms with Crippen LogP contribution < -0.4 is 5.32 Å². The second-order valence-corrected chi connectivity index (χ2v) is 5.72. The van der Waals surface area contributed by atoms with E-state index >= 15 is 0 Å². The van der Waals surface area contributed by atoms with Gasteiger partial charge in [0.1, 0.15) is 5.69 Å². The van der Waals surface area contributed by atoms with Gasteiger partial charge in [0.05, 0.1) is 24.6 Å². The van der Waals surface area contributed by atoms with Gasteiger partial charge in [-0.1, -0.05) is 11.6 Å². The Morgan fingerprint density at radius 1 is 1.48 bits per heavy atom. The number of nitrogens with zero attached hydrogens (tertiary/aromatic N) is 4. The molecule has 1 aliphatic carbocycles. The van der Waals surface area contributed by atoms with Crippen molar-refractivity contribution in [3.63, 3.8) is 0 Å². The predicted octanol–water partition coefficient (Wildman–Crippen LogP) is 0.903. The molecule has 7 nitrogen and oxygen atoms in total. The Labute approximate surface area is 132 Å². The van der Waals surface area contributed by atoms with Gasteiger partial charge in [0.2, 0.25) is 0 Å². The highest BCUT2D eigenvalue weighted by Gasteiger charge is 2.30. The van der Waals surface area contributed by atoms with Crippen molar-refractivity contribution in [1.29, 1.82) is 0 Å². The standard InChI is InChI=1S/C15H18FN5O2/c16-13-6-17-5-4-12(13)15(23)18-14-3-1-2-10(14)7-21-8-11(9-22)19-20-21/h4-6,8,10,14,22H,1-3,7,9H2,(H,18,23)/t10-,14-/m0/s1. The van der Waals surface area contributed by atoms with E-state index in [0.29, 0.717) is 12.2 Å². The van der Waals surface area contributed by atoms with Gasteiger partial charge in [0, 0.05) is 18.8 Å². The number of halogens is 1. The van der Waals surface area contributed by atoms with E-state index in [4.69, 9.17) is 5.11 Å². The number of nitrogens with one attached hydrogen (secondary N) is 1. The fourth-order valence-electron chi connectivity index (χ4n) is 2.99. The summed E-state index contributed by atoms with van der Waals surface area (Å²) in [7, 11) is 0. The Morgan fingerprint density at radius 2 is 2.35 bits per heavy atom. The third kappa shape index (κ3) is 3.53. The average Bonchev–Trinajstić information content (AvgIpc) is 3.18.